The topological polar surface area (TPSA) is 79.5 Å². The molecule has 0 aliphatic heterocycles. The second kappa shape index (κ2) is 12.5. The molecular formula is C27H29N3O3S. The molecule has 7 heteroatoms. The number of anilines is 2. The van der Waals surface area contributed by atoms with E-state index in [4.69, 9.17) is 17.0 Å². The third kappa shape index (κ3) is 8.01. The summed E-state index contributed by atoms with van der Waals surface area (Å²) in [7, 11) is 0. The Morgan fingerprint density at radius 3 is 2.26 bits per heavy atom. The minimum Gasteiger partial charge on any atom is -0.491 e. The van der Waals surface area contributed by atoms with Gasteiger partial charge in [0.05, 0.1) is 6.10 Å². The van der Waals surface area contributed by atoms with Crippen molar-refractivity contribution in [2.75, 3.05) is 10.6 Å². The van der Waals surface area contributed by atoms with Gasteiger partial charge < -0.3 is 15.4 Å². The van der Waals surface area contributed by atoms with Gasteiger partial charge in [0.15, 0.2) is 5.11 Å². The van der Waals surface area contributed by atoms with E-state index in [0.29, 0.717) is 35.5 Å². The highest BCUT2D eigenvalue weighted by molar-refractivity contribution is 7.80. The van der Waals surface area contributed by atoms with E-state index in [0.717, 1.165) is 12.0 Å². The molecule has 2 amide bonds. The molecule has 3 N–H and O–H groups in total. The molecule has 0 aliphatic rings. The van der Waals surface area contributed by atoms with Crippen LogP contribution in [0, 0.1) is 0 Å². The van der Waals surface area contributed by atoms with E-state index in [1.807, 2.05) is 50.2 Å². The standard InChI is InChI=1S/C27H29N3O3S/c1-3-19(2)33-24-11-7-10-21(18-24)26(32)30-27(34)29-23-15-13-22(14-16-23)28-25(31)17-12-20-8-5-4-6-9-20/h4-11,13-16,18-19H,3,12,17H2,1-2H3,(H,28,31)(H2,29,30,32,34). The molecule has 1 unspecified atom stereocenters. The van der Waals surface area contributed by atoms with Crippen LogP contribution in [-0.2, 0) is 11.2 Å². The number of carbonyl (C=O) groups excluding carboxylic acids is 2. The van der Waals surface area contributed by atoms with Gasteiger partial charge in [-0.1, -0.05) is 43.3 Å². The van der Waals surface area contributed by atoms with Gasteiger partial charge in [0, 0.05) is 23.4 Å². The van der Waals surface area contributed by atoms with Crippen LogP contribution in [0.5, 0.6) is 5.75 Å². The predicted molar refractivity (Wildman–Crippen MR) is 140 cm³/mol. The van der Waals surface area contributed by atoms with E-state index in [-0.39, 0.29) is 23.0 Å². The molecule has 0 heterocycles. The van der Waals surface area contributed by atoms with Crippen LogP contribution in [0.25, 0.3) is 0 Å². The summed E-state index contributed by atoms with van der Waals surface area (Å²) < 4.78 is 5.77. The molecule has 0 aromatic heterocycles. The van der Waals surface area contributed by atoms with E-state index < -0.39 is 0 Å². The lowest BCUT2D eigenvalue weighted by Crippen LogP contribution is -2.34. The first-order valence-electron chi connectivity index (χ1n) is 11.3. The number of nitrogens with one attached hydrogen (secondary N) is 3. The van der Waals surface area contributed by atoms with E-state index >= 15 is 0 Å². The molecule has 176 valence electrons. The van der Waals surface area contributed by atoms with Gasteiger partial charge in [-0.15, -0.1) is 0 Å². The highest BCUT2D eigenvalue weighted by Crippen LogP contribution is 2.17. The minimum atomic E-state index is -0.325. The molecule has 6 nitrogen and oxygen atoms in total. The molecular weight excluding hydrogens is 446 g/mol. The highest BCUT2D eigenvalue weighted by Gasteiger charge is 2.10. The molecule has 0 saturated heterocycles. The van der Waals surface area contributed by atoms with Crippen LogP contribution in [-0.4, -0.2) is 23.0 Å². The molecule has 0 aliphatic carbocycles. The monoisotopic (exact) mass is 475 g/mol. The third-order valence-electron chi connectivity index (χ3n) is 5.15. The van der Waals surface area contributed by atoms with Crippen LogP contribution in [0.15, 0.2) is 78.9 Å². The molecule has 0 radical (unpaired) electrons. The number of thiocarbonyl (C=S) groups is 1. The number of rotatable bonds is 9. The van der Waals surface area contributed by atoms with E-state index in [1.54, 1.807) is 42.5 Å². The first kappa shape index (κ1) is 24.9. The zero-order chi connectivity index (χ0) is 24.3. The van der Waals surface area contributed by atoms with Gasteiger partial charge in [0.2, 0.25) is 5.91 Å². The van der Waals surface area contributed by atoms with Gasteiger partial charge in [-0.25, -0.2) is 0 Å². The quantitative estimate of drug-likeness (QED) is 0.353. The summed E-state index contributed by atoms with van der Waals surface area (Å²) in [6.45, 7) is 4.02. The maximum atomic E-state index is 12.6. The zero-order valence-corrected chi connectivity index (χ0v) is 20.2. The molecule has 3 rings (SSSR count). The van der Waals surface area contributed by atoms with Crippen molar-refractivity contribution in [2.24, 2.45) is 0 Å². The van der Waals surface area contributed by atoms with Crippen molar-refractivity contribution in [3.8, 4) is 5.75 Å². The van der Waals surface area contributed by atoms with Crippen LogP contribution < -0.4 is 20.7 Å². The predicted octanol–water partition coefficient (Wildman–Crippen LogP) is 5.56. The van der Waals surface area contributed by atoms with Crippen molar-refractivity contribution >= 4 is 40.5 Å². The Morgan fingerprint density at radius 1 is 0.912 bits per heavy atom. The van der Waals surface area contributed by atoms with Gasteiger partial charge >= 0.3 is 0 Å². The normalized spacial score (nSPS) is 11.2. The molecule has 3 aromatic rings. The smallest absolute Gasteiger partial charge is 0.257 e. The lowest BCUT2D eigenvalue weighted by molar-refractivity contribution is -0.116. The Kier molecular flexibility index (Phi) is 9.17. The first-order chi connectivity index (χ1) is 16.4. The number of aryl methyl sites for hydroxylation is 1. The number of hydrogen-bond acceptors (Lipinski definition) is 4. The average Bonchev–Trinajstić information content (AvgIpc) is 2.84. The Hall–Kier alpha value is -3.71. The van der Waals surface area contributed by atoms with Crippen molar-refractivity contribution in [1.29, 1.82) is 0 Å². The van der Waals surface area contributed by atoms with Gasteiger partial charge in [-0.05, 0) is 80.0 Å². The maximum absolute atomic E-state index is 12.6. The molecule has 1 atom stereocenters. The second-order valence-electron chi connectivity index (χ2n) is 7.88. The van der Waals surface area contributed by atoms with Crippen LogP contribution in [0.1, 0.15) is 42.6 Å². The van der Waals surface area contributed by atoms with Gasteiger partial charge in [0.25, 0.3) is 5.91 Å². The Morgan fingerprint density at radius 2 is 1.59 bits per heavy atom. The second-order valence-corrected chi connectivity index (χ2v) is 8.29. The number of ether oxygens (including phenoxy) is 1. The molecule has 0 bridgehead atoms. The number of amides is 2. The molecule has 34 heavy (non-hydrogen) atoms. The largest absolute Gasteiger partial charge is 0.491 e. The summed E-state index contributed by atoms with van der Waals surface area (Å²) in [6, 6.07) is 24.0. The van der Waals surface area contributed by atoms with E-state index in [9.17, 15) is 9.59 Å². The van der Waals surface area contributed by atoms with Gasteiger partial charge in [0.1, 0.15) is 5.75 Å². The summed E-state index contributed by atoms with van der Waals surface area (Å²) in [5, 5.41) is 8.72. The van der Waals surface area contributed by atoms with Crippen LogP contribution in [0.2, 0.25) is 0 Å². The average molecular weight is 476 g/mol. The zero-order valence-electron chi connectivity index (χ0n) is 19.3. The third-order valence-corrected chi connectivity index (χ3v) is 5.35. The fourth-order valence-electron chi connectivity index (χ4n) is 3.13. The lowest BCUT2D eigenvalue weighted by Gasteiger charge is -2.14. The van der Waals surface area contributed by atoms with Crippen molar-refractivity contribution < 1.29 is 14.3 Å². The molecule has 0 spiro atoms. The SMILES string of the molecule is CCC(C)Oc1cccc(C(=O)NC(=S)Nc2ccc(NC(=O)CCc3ccccc3)cc2)c1. The minimum absolute atomic E-state index is 0.0492. The fraction of sp³-hybridized carbons (Fsp3) is 0.222. The van der Waals surface area contributed by atoms with E-state index in [1.165, 1.54) is 0 Å². The summed E-state index contributed by atoms with van der Waals surface area (Å²) in [5.74, 6) is 0.267. The molecule has 3 aromatic carbocycles. The number of hydrogen-bond donors (Lipinski definition) is 3. The van der Waals surface area contributed by atoms with Crippen LogP contribution in [0.3, 0.4) is 0 Å². The van der Waals surface area contributed by atoms with Crippen molar-refractivity contribution in [3.05, 3.63) is 90.0 Å². The van der Waals surface area contributed by atoms with Crippen LogP contribution >= 0.6 is 12.2 Å². The number of benzene rings is 3. The Balaban J connectivity index is 1.47. The van der Waals surface area contributed by atoms with Gasteiger partial charge in [-0.2, -0.15) is 0 Å². The van der Waals surface area contributed by atoms with Crippen LogP contribution in [0.4, 0.5) is 11.4 Å². The Bertz CT molecular complexity index is 1120. The summed E-state index contributed by atoms with van der Waals surface area (Å²) in [4.78, 5) is 24.8. The lowest BCUT2D eigenvalue weighted by atomic mass is 10.1. The van der Waals surface area contributed by atoms with Crippen molar-refractivity contribution in [3.63, 3.8) is 0 Å². The van der Waals surface area contributed by atoms with Crippen molar-refractivity contribution in [2.45, 2.75) is 39.2 Å². The maximum Gasteiger partial charge on any atom is 0.257 e. The van der Waals surface area contributed by atoms with Gasteiger partial charge in [-0.3, -0.25) is 14.9 Å². The summed E-state index contributed by atoms with van der Waals surface area (Å²) >= 11 is 5.27. The summed E-state index contributed by atoms with van der Waals surface area (Å²) in [5.41, 5.74) is 2.97. The Labute approximate surface area is 205 Å². The highest BCUT2D eigenvalue weighted by atomic mass is 32.1. The molecule has 0 saturated carbocycles. The summed E-state index contributed by atoms with van der Waals surface area (Å²) in [6.07, 6.45) is 2.04. The molecule has 0 fully saturated rings. The number of carbonyl (C=O) groups is 2. The first-order valence-corrected chi connectivity index (χ1v) is 11.7. The van der Waals surface area contributed by atoms with Crippen molar-refractivity contribution in [1.82, 2.24) is 5.32 Å². The fourth-order valence-corrected chi connectivity index (χ4v) is 3.34. The van der Waals surface area contributed by atoms with E-state index in [2.05, 4.69) is 16.0 Å².